The van der Waals surface area contributed by atoms with Crippen molar-refractivity contribution >= 4 is 23.0 Å². The average molecular weight is 459 g/mol. The summed E-state index contributed by atoms with van der Waals surface area (Å²) in [5.41, 5.74) is 0.799. The highest BCUT2D eigenvalue weighted by Crippen LogP contribution is 2.42. The Hall–Kier alpha value is -2.84. The highest BCUT2D eigenvalue weighted by Gasteiger charge is 2.44. The lowest BCUT2D eigenvalue weighted by molar-refractivity contribution is -0.129. The van der Waals surface area contributed by atoms with Crippen LogP contribution in [-0.4, -0.2) is 67.0 Å². The fraction of sp³-hybridized carbons (Fsp3) is 0.417. The van der Waals surface area contributed by atoms with Crippen molar-refractivity contribution in [3.05, 3.63) is 57.5 Å². The minimum absolute atomic E-state index is 0.105. The fourth-order valence-corrected chi connectivity index (χ4v) is 4.48. The van der Waals surface area contributed by atoms with Gasteiger partial charge in [0.1, 0.15) is 0 Å². The van der Waals surface area contributed by atoms with Gasteiger partial charge >= 0.3 is 0 Å². The SMILES string of the molecule is CCOc1ccc([C@@H]2C(C(=O)c3cccs3)=C(O)C(=O)N2CCCN(C)C)cc1OCC. The summed E-state index contributed by atoms with van der Waals surface area (Å²) >= 11 is 1.29. The predicted molar refractivity (Wildman–Crippen MR) is 125 cm³/mol. The van der Waals surface area contributed by atoms with Gasteiger partial charge in [0.15, 0.2) is 17.3 Å². The van der Waals surface area contributed by atoms with Crippen molar-refractivity contribution in [1.82, 2.24) is 9.80 Å². The van der Waals surface area contributed by atoms with Crippen LogP contribution in [0, 0.1) is 0 Å². The van der Waals surface area contributed by atoms with Gasteiger partial charge in [-0.05, 0) is 70.1 Å². The summed E-state index contributed by atoms with van der Waals surface area (Å²) < 4.78 is 11.4. The maximum atomic E-state index is 13.3. The van der Waals surface area contributed by atoms with Crippen molar-refractivity contribution in [2.24, 2.45) is 0 Å². The maximum absolute atomic E-state index is 13.3. The molecule has 0 spiro atoms. The van der Waals surface area contributed by atoms with Crippen LogP contribution in [-0.2, 0) is 4.79 Å². The van der Waals surface area contributed by atoms with Crippen LogP contribution in [0.15, 0.2) is 47.0 Å². The van der Waals surface area contributed by atoms with Crippen LogP contribution in [0.4, 0.5) is 0 Å². The van der Waals surface area contributed by atoms with E-state index in [1.165, 1.54) is 11.3 Å². The molecule has 1 aliphatic heterocycles. The highest BCUT2D eigenvalue weighted by molar-refractivity contribution is 7.12. The van der Waals surface area contributed by atoms with Crippen LogP contribution in [0.5, 0.6) is 11.5 Å². The number of amides is 1. The summed E-state index contributed by atoms with van der Waals surface area (Å²) in [6, 6.07) is 8.19. The normalized spacial score (nSPS) is 16.2. The van der Waals surface area contributed by atoms with Crippen LogP contribution in [0.1, 0.15) is 41.5 Å². The minimum Gasteiger partial charge on any atom is -0.503 e. The van der Waals surface area contributed by atoms with E-state index in [0.29, 0.717) is 48.1 Å². The largest absolute Gasteiger partial charge is 0.503 e. The molecular formula is C24H30N2O5S. The molecule has 1 atom stereocenters. The maximum Gasteiger partial charge on any atom is 0.290 e. The Bertz CT molecular complexity index is 984. The lowest BCUT2D eigenvalue weighted by Gasteiger charge is -2.28. The number of hydrogen-bond acceptors (Lipinski definition) is 7. The Morgan fingerprint density at radius 1 is 1.16 bits per heavy atom. The van der Waals surface area contributed by atoms with E-state index in [-0.39, 0.29) is 11.4 Å². The molecule has 1 aromatic heterocycles. The molecule has 2 aromatic rings. The van der Waals surface area contributed by atoms with Crippen molar-refractivity contribution in [2.45, 2.75) is 26.3 Å². The second kappa shape index (κ2) is 10.7. The second-order valence-corrected chi connectivity index (χ2v) is 8.65. The topological polar surface area (TPSA) is 79.3 Å². The highest BCUT2D eigenvalue weighted by atomic mass is 32.1. The minimum atomic E-state index is -0.700. The first-order valence-electron chi connectivity index (χ1n) is 10.8. The third-order valence-corrected chi connectivity index (χ3v) is 6.05. The molecule has 0 saturated heterocycles. The molecule has 0 aliphatic carbocycles. The van der Waals surface area contributed by atoms with Gasteiger partial charge in [-0.1, -0.05) is 12.1 Å². The van der Waals surface area contributed by atoms with Crippen molar-refractivity contribution in [1.29, 1.82) is 0 Å². The van der Waals surface area contributed by atoms with Crippen LogP contribution in [0.2, 0.25) is 0 Å². The first-order valence-corrected chi connectivity index (χ1v) is 11.6. The van der Waals surface area contributed by atoms with E-state index >= 15 is 0 Å². The number of nitrogens with zero attached hydrogens (tertiary/aromatic N) is 2. The molecule has 0 unspecified atom stereocenters. The smallest absolute Gasteiger partial charge is 0.290 e. The molecule has 3 rings (SSSR count). The van der Waals surface area contributed by atoms with Crippen LogP contribution >= 0.6 is 11.3 Å². The quantitative estimate of drug-likeness (QED) is 0.511. The summed E-state index contributed by atoms with van der Waals surface area (Å²) in [4.78, 5) is 30.4. The first kappa shape index (κ1) is 23.8. The number of rotatable bonds is 11. The molecule has 0 radical (unpaired) electrons. The number of carbonyl (C=O) groups excluding carboxylic acids is 2. The summed E-state index contributed by atoms with van der Waals surface area (Å²) in [6.07, 6.45) is 0.707. The summed E-state index contributed by atoms with van der Waals surface area (Å²) in [5, 5.41) is 12.6. The van der Waals surface area contributed by atoms with Crippen molar-refractivity contribution in [3.8, 4) is 11.5 Å². The van der Waals surface area contributed by atoms with Crippen molar-refractivity contribution in [3.63, 3.8) is 0 Å². The summed E-state index contributed by atoms with van der Waals surface area (Å²) in [5.74, 6) is -0.203. The first-order chi connectivity index (χ1) is 15.4. The Morgan fingerprint density at radius 2 is 1.88 bits per heavy atom. The molecule has 172 valence electrons. The van der Waals surface area contributed by atoms with Gasteiger partial charge in [0.2, 0.25) is 5.78 Å². The van der Waals surface area contributed by atoms with E-state index in [0.717, 1.165) is 6.54 Å². The molecule has 1 aliphatic rings. The second-order valence-electron chi connectivity index (χ2n) is 7.70. The molecule has 0 fully saturated rings. The number of ketones is 1. The number of aliphatic hydroxyl groups excluding tert-OH is 1. The fourth-order valence-electron chi connectivity index (χ4n) is 3.80. The predicted octanol–water partition coefficient (Wildman–Crippen LogP) is 4.08. The lowest BCUT2D eigenvalue weighted by atomic mass is 9.95. The van der Waals surface area contributed by atoms with Crippen LogP contribution < -0.4 is 9.47 Å². The Labute approximate surface area is 192 Å². The van der Waals surface area contributed by atoms with Gasteiger partial charge in [-0.15, -0.1) is 11.3 Å². The van der Waals surface area contributed by atoms with Gasteiger partial charge in [-0.25, -0.2) is 0 Å². The van der Waals surface area contributed by atoms with Crippen molar-refractivity contribution < 1.29 is 24.2 Å². The molecule has 7 nitrogen and oxygen atoms in total. The molecule has 0 saturated carbocycles. The third-order valence-electron chi connectivity index (χ3n) is 5.18. The van der Waals surface area contributed by atoms with E-state index in [1.54, 1.807) is 34.5 Å². The van der Waals surface area contributed by atoms with Gasteiger partial charge in [0.05, 0.1) is 29.7 Å². The number of thiophene rings is 1. The van der Waals surface area contributed by atoms with E-state index < -0.39 is 17.7 Å². The van der Waals surface area contributed by atoms with Gasteiger partial charge in [0, 0.05) is 6.54 Å². The zero-order valence-corrected chi connectivity index (χ0v) is 19.8. The van der Waals surface area contributed by atoms with E-state index in [9.17, 15) is 14.7 Å². The molecule has 2 heterocycles. The number of carbonyl (C=O) groups is 2. The van der Waals surface area contributed by atoms with Gasteiger partial charge in [-0.2, -0.15) is 0 Å². The average Bonchev–Trinajstić information content (AvgIpc) is 3.38. The van der Waals surface area contributed by atoms with Crippen molar-refractivity contribution in [2.75, 3.05) is 40.4 Å². The zero-order chi connectivity index (χ0) is 23.3. The standard InChI is InChI=1S/C24H30N2O5S/c1-5-30-17-11-10-16(15-18(17)31-6-2)21-20(22(27)19-9-7-14-32-19)23(28)24(29)26(21)13-8-12-25(3)4/h7,9-11,14-15,21,28H,5-6,8,12-13H2,1-4H3/t21-/m1/s1. The Balaban J connectivity index is 2.05. The molecule has 32 heavy (non-hydrogen) atoms. The number of aliphatic hydroxyl groups is 1. The summed E-state index contributed by atoms with van der Waals surface area (Å²) in [6.45, 7) is 5.89. The van der Waals surface area contributed by atoms with Gasteiger partial charge < -0.3 is 24.4 Å². The lowest BCUT2D eigenvalue weighted by Crippen LogP contribution is -2.33. The molecular weight excluding hydrogens is 428 g/mol. The Morgan fingerprint density at radius 3 is 2.50 bits per heavy atom. The molecule has 1 N–H and O–H groups in total. The van der Waals surface area contributed by atoms with Crippen LogP contribution in [0.25, 0.3) is 0 Å². The molecule has 0 bridgehead atoms. The van der Waals surface area contributed by atoms with Gasteiger partial charge in [0.25, 0.3) is 5.91 Å². The van der Waals surface area contributed by atoms with Crippen LogP contribution in [0.3, 0.4) is 0 Å². The molecule has 1 aromatic carbocycles. The molecule has 1 amide bonds. The van der Waals surface area contributed by atoms with E-state index in [2.05, 4.69) is 0 Å². The zero-order valence-electron chi connectivity index (χ0n) is 19.0. The van der Waals surface area contributed by atoms with E-state index in [4.69, 9.17) is 9.47 Å². The Kier molecular flexibility index (Phi) is 7.93. The van der Waals surface area contributed by atoms with Gasteiger partial charge in [-0.3, -0.25) is 9.59 Å². The summed E-state index contributed by atoms with van der Waals surface area (Å²) in [7, 11) is 3.93. The number of Topliss-reactive ketones (excluding diaryl/α,β-unsaturated/α-hetero) is 1. The van der Waals surface area contributed by atoms with E-state index in [1.807, 2.05) is 38.9 Å². The number of hydrogen-bond donors (Lipinski definition) is 1. The molecule has 8 heteroatoms. The number of benzene rings is 1. The monoisotopic (exact) mass is 458 g/mol. The number of ether oxygens (including phenoxy) is 2. The third kappa shape index (κ3) is 4.97.